The van der Waals surface area contributed by atoms with E-state index in [1.54, 1.807) is 45.8 Å². The Kier molecular flexibility index (Phi) is 6.78. The summed E-state index contributed by atoms with van der Waals surface area (Å²) >= 11 is 0. The van der Waals surface area contributed by atoms with Crippen LogP contribution in [0.4, 0.5) is 0 Å². The number of aryl methyl sites for hydroxylation is 2. The van der Waals surface area contributed by atoms with Gasteiger partial charge in [-0.15, -0.1) is 0 Å². The fourth-order valence-electron chi connectivity index (χ4n) is 4.04. The van der Waals surface area contributed by atoms with E-state index in [1.807, 2.05) is 63.0 Å². The second-order valence-electron chi connectivity index (χ2n) is 8.49. The van der Waals surface area contributed by atoms with Crippen LogP contribution in [0.15, 0.2) is 88.5 Å². The minimum absolute atomic E-state index is 0.00489. The van der Waals surface area contributed by atoms with Crippen molar-refractivity contribution in [1.29, 1.82) is 0 Å². The van der Waals surface area contributed by atoms with Crippen molar-refractivity contribution in [2.24, 2.45) is 14.1 Å². The zero-order valence-corrected chi connectivity index (χ0v) is 20.9. The average Bonchev–Trinajstić information content (AvgIpc) is 3.29. The molecule has 0 atom stereocenters. The maximum Gasteiger partial charge on any atom is 0.337 e. The lowest BCUT2D eigenvalue weighted by molar-refractivity contribution is 0.0600. The Morgan fingerprint density at radius 1 is 0.667 bits per heavy atom. The molecule has 0 aliphatic heterocycles. The number of hydrogen-bond donors (Lipinski definition) is 0. The number of esters is 1. The third-order valence-electron chi connectivity index (χ3n) is 6.21. The molecule has 2 heterocycles. The van der Waals surface area contributed by atoms with Crippen molar-refractivity contribution in [2.75, 3.05) is 7.11 Å². The van der Waals surface area contributed by atoms with Gasteiger partial charge in [-0.1, -0.05) is 30.3 Å². The molecule has 8 nitrogen and oxygen atoms in total. The molecule has 0 aliphatic rings. The normalized spacial score (nSPS) is 10.7. The van der Waals surface area contributed by atoms with Crippen molar-refractivity contribution in [1.82, 2.24) is 18.7 Å². The van der Waals surface area contributed by atoms with E-state index in [1.165, 1.54) is 17.2 Å². The fraction of sp³-hybridized carbons (Fsp3) is 0.179. The van der Waals surface area contributed by atoms with Crippen LogP contribution in [-0.4, -0.2) is 31.8 Å². The average molecular weight is 485 g/mol. The van der Waals surface area contributed by atoms with Gasteiger partial charge in [-0.3, -0.25) is 19.0 Å². The second-order valence-corrected chi connectivity index (χ2v) is 8.49. The van der Waals surface area contributed by atoms with Crippen molar-refractivity contribution >= 4 is 16.7 Å². The Balaban J connectivity index is 0.000000169. The SMILES string of the molecule is COC(=O)c1ccc(-n2c(=O)cc(C)n2C)cc1.Cc1cc(=O)n(-c2ccc3ccccc3c2)n1C. The van der Waals surface area contributed by atoms with E-state index in [0.717, 1.165) is 22.5 Å². The van der Waals surface area contributed by atoms with Crippen molar-refractivity contribution in [3.8, 4) is 11.4 Å². The number of methoxy groups -OCH3 is 1. The van der Waals surface area contributed by atoms with Gasteiger partial charge in [0.15, 0.2) is 0 Å². The lowest BCUT2D eigenvalue weighted by Crippen LogP contribution is -2.19. The number of aromatic nitrogens is 4. The lowest BCUT2D eigenvalue weighted by atomic mass is 10.1. The molecular weight excluding hydrogens is 456 g/mol. The van der Waals surface area contributed by atoms with Gasteiger partial charge in [-0.25, -0.2) is 14.2 Å². The van der Waals surface area contributed by atoms with E-state index < -0.39 is 5.97 Å². The third kappa shape index (κ3) is 4.65. The minimum Gasteiger partial charge on any atom is -0.465 e. The van der Waals surface area contributed by atoms with Crippen LogP contribution >= 0.6 is 0 Å². The highest BCUT2D eigenvalue weighted by atomic mass is 16.5. The number of hydrogen-bond acceptors (Lipinski definition) is 4. The molecule has 5 aromatic rings. The van der Waals surface area contributed by atoms with Gasteiger partial charge in [0.2, 0.25) is 0 Å². The summed E-state index contributed by atoms with van der Waals surface area (Å²) in [5, 5.41) is 2.32. The molecule has 0 unspecified atom stereocenters. The Morgan fingerprint density at radius 2 is 1.17 bits per heavy atom. The summed E-state index contributed by atoms with van der Waals surface area (Å²) in [5.74, 6) is -0.392. The van der Waals surface area contributed by atoms with Crippen molar-refractivity contribution in [3.63, 3.8) is 0 Å². The first kappa shape index (κ1) is 24.5. The Morgan fingerprint density at radius 3 is 1.67 bits per heavy atom. The molecule has 0 saturated carbocycles. The van der Waals surface area contributed by atoms with Gasteiger partial charge in [-0.05, 0) is 61.0 Å². The molecule has 36 heavy (non-hydrogen) atoms. The number of carbonyl (C=O) groups is 1. The highest BCUT2D eigenvalue weighted by Gasteiger charge is 2.09. The van der Waals surface area contributed by atoms with Gasteiger partial charge in [0.05, 0.1) is 24.0 Å². The summed E-state index contributed by atoms with van der Waals surface area (Å²) in [6.45, 7) is 3.79. The predicted octanol–water partition coefficient (Wildman–Crippen LogP) is 3.91. The summed E-state index contributed by atoms with van der Waals surface area (Å²) in [4.78, 5) is 35.0. The van der Waals surface area contributed by atoms with E-state index >= 15 is 0 Å². The van der Waals surface area contributed by atoms with Crippen LogP contribution in [0.1, 0.15) is 21.7 Å². The van der Waals surface area contributed by atoms with E-state index in [0.29, 0.717) is 11.3 Å². The lowest BCUT2D eigenvalue weighted by Gasteiger charge is -2.09. The molecule has 0 fully saturated rings. The zero-order valence-electron chi connectivity index (χ0n) is 20.9. The Labute approximate surface area is 208 Å². The first-order valence-corrected chi connectivity index (χ1v) is 11.4. The molecule has 8 heteroatoms. The molecule has 0 saturated heterocycles. The van der Waals surface area contributed by atoms with Crippen LogP contribution in [0.25, 0.3) is 22.1 Å². The molecule has 0 N–H and O–H groups in total. The highest BCUT2D eigenvalue weighted by molar-refractivity contribution is 5.89. The van der Waals surface area contributed by atoms with Gasteiger partial charge in [-0.2, -0.15) is 0 Å². The van der Waals surface area contributed by atoms with Crippen LogP contribution in [0, 0.1) is 13.8 Å². The standard InChI is InChI=1S/C15H14N2O.C13H14N2O3/c1-11-9-15(18)17(16(11)2)14-8-7-12-5-3-4-6-13(12)10-14;1-9-8-12(16)15(14(9)2)11-6-4-10(5-7-11)13(17)18-3/h3-10H,1-2H3;4-8H,1-3H3. The first-order chi connectivity index (χ1) is 17.2. The second kappa shape index (κ2) is 9.95. The van der Waals surface area contributed by atoms with Gasteiger partial charge >= 0.3 is 5.97 Å². The Bertz CT molecular complexity index is 1670. The van der Waals surface area contributed by atoms with E-state index in [-0.39, 0.29) is 11.1 Å². The number of fused-ring (bicyclic) bond motifs is 1. The topological polar surface area (TPSA) is 80.2 Å². The van der Waals surface area contributed by atoms with E-state index in [2.05, 4.69) is 16.9 Å². The van der Waals surface area contributed by atoms with E-state index in [9.17, 15) is 14.4 Å². The number of rotatable bonds is 3. The fourth-order valence-corrected chi connectivity index (χ4v) is 4.04. The molecule has 5 rings (SSSR count). The maximum absolute atomic E-state index is 11.9. The van der Waals surface area contributed by atoms with Crippen molar-refractivity contribution < 1.29 is 9.53 Å². The van der Waals surface area contributed by atoms with Crippen LogP contribution in [0.5, 0.6) is 0 Å². The predicted molar refractivity (Wildman–Crippen MR) is 140 cm³/mol. The molecule has 184 valence electrons. The summed E-state index contributed by atoms with van der Waals surface area (Å²) in [5.41, 5.74) is 3.80. The monoisotopic (exact) mass is 484 g/mol. The summed E-state index contributed by atoms with van der Waals surface area (Å²) in [6.07, 6.45) is 0. The molecule has 0 bridgehead atoms. The van der Waals surface area contributed by atoms with Crippen LogP contribution in [0.3, 0.4) is 0 Å². The van der Waals surface area contributed by atoms with E-state index in [4.69, 9.17) is 0 Å². The number of ether oxygens (including phenoxy) is 1. The third-order valence-corrected chi connectivity index (χ3v) is 6.21. The van der Waals surface area contributed by atoms with Gasteiger partial charge in [0.1, 0.15) is 0 Å². The van der Waals surface area contributed by atoms with Crippen molar-refractivity contribution in [3.05, 3.63) is 117 Å². The summed E-state index contributed by atoms with van der Waals surface area (Å²) < 4.78 is 11.5. The van der Waals surface area contributed by atoms with Gasteiger partial charge in [0.25, 0.3) is 11.1 Å². The van der Waals surface area contributed by atoms with Crippen LogP contribution in [-0.2, 0) is 18.8 Å². The number of nitrogens with zero attached hydrogens (tertiary/aromatic N) is 4. The van der Waals surface area contributed by atoms with Gasteiger partial charge < -0.3 is 4.74 Å². The van der Waals surface area contributed by atoms with Crippen LogP contribution in [0.2, 0.25) is 0 Å². The van der Waals surface area contributed by atoms with Crippen molar-refractivity contribution in [2.45, 2.75) is 13.8 Å². The highest BCUT2D eigenvalue weighted by Crippen LogP contribution is 2.17. The maximum atomic E-state index is 11.9. The van der Waals surface area contributed by atoms with Gasteiger partial charge in [0, 0.05) is 37.6 Å². The number of carbonyl (C=O) groups excluding carboxylic acids is 1. The number of benzene rings is 3. The van der Waals surface area contributed by atoms with Crippen LogP contribution < -0.4 is 11.1 Å². The largest absolute Gasteiger partial charge is 0.465 e. The summed E-state index contributed by atoms with van der Waals surface area (Å²) in [7, 11) is 5.04. The first-order valence-electron chi connectivity index (χ1n) is 11.4. The molecular formula is C28H28N4O4. The molecule has 0 radical (unpaired) electrons. The molecule has 0 amide bonds. The molecule has 2 aromatic heterocycles. The zero-order chi connectivity index (χ0) is 26.0. The Hall–Kier alpha value is -4.59. The molecule has 3 aromatic carbocycles. The minimum atomic E-state index is -0.392. The smallest absolute Gasteiger partial charge is 0.337 e. The quantitative estimate of drug-likeness (QED) is 0.364. The molecule has 0 aliphatic carbocycles. The summed E-state index contributed by atoms with van der Waals surface area (Å²) in [6, 6.07) is 24.1. The molecule has 0 spiro atoms.